The number of rotatable bonds is 8. The van der Waals surface area contributed by atoms with Crippen LogP contribution in [0.15, 0.2) is 10.7 Å². The monoisotopic (exact) mass is 331 g/mol. The van der Waals surface area contributed by atoms with E-state index in [9.17, 15) is 0 Å². The van der Waals surface area contributed by atoms with Crippen LogP contribution in [0.25, 0.3) is 0 Å². The number of halogens is 1. The number of hydrogen-bond acceptors (Lipinski definition) is 3. The van der Waals surface area contributed by atoms with E-state index in [-0.39, 0.29) is 12.1 Å². The van der Waals surface area contributed by atoms with Crippen LogP contribution in [-0.2, 0) is 4.74 Å². The van der Waals surface area contributed by atoms with Gasteiger partial charge in [-0.25, -0.2) is 0 Å². The molecule has 1 aromatic heterocycles. The minimum absolute atomic E-state index is 0.161. The Morgan fingerprint density at radius 1 is 1.42 bits per heavy atom. The number of hydrogen-bond donors (Lipinski definition) is 1. The predicted octanol–water partition coefficient (Wildman–Crippen LogP) is 3.69. The molecule has 0 aliphatic rings. The van der Waals surface area contributed by atoms with E-state index >= 15 is 0 Å². The van der Waals surface area contributed by atoms with Crippen molar-refractivity contribution in [2.45, 2.75) is 58.7 Å². The quantitative estimate of drug-likeness (QED) is 0.789. The molecule has 0 spiro atoms. The van der Waals surface area contributed by atoms with Gasteiger partial charge in [0.15, 0.2) is 0 Å². The van der Waals surface area contributed by atoms with Gasteiger partial charge in [0.2, 0.25) is 0 Å². The molecule has 2 atom stereocenters. The molecule has 0 saturated carbocycles. The first-order valence-corrected chi connectivity index (χ1v) is 7.85. The van der Waals surface area contributed by atoms with Crippen molar-refractivity contribution < 1.29 is 4.74 Å². The molecule has 0 bridgehead atoms. The smallest absolute Gasteiger partial charge is 0.0781 e. The third kappa shape index (κ3) is 4.04. The van der Waals surface area contributed by atoms with E-state index in [4.69, 9.17) is 4.74 Å². The van der Waals surface area contributed by atoms with Crippen LogP contribution in [0.5, 0.6) is 0 Å². The molecule has 1 aromatic rings. The largest absolute Gasteiger partial charge is 0.379 e. The maximum Gasteiger partial charge on any atom is 0.0781 e. The highest BCUT2D eigenvalue weighted by Crippen LogP contribution is 2.30. The average Bonchev–Trinajstić information content (AvgIpc) is 2.75. The number of aromatic nitrogens is 2. The van der Waals surface area contributed by atoms with Gasteiger partial charge in [-0.3, -0.25) is 4.68 Å². The molecule has 0 amide bonds. The maximum absolute atomic E-state index is 5.69. The third-order valence-corrected chi connectivity index (χ3v) is 3.85. The molecule has 4 nitrogen and oxygen atoms in total. The zero-order valence-corrected chi connectivity index (χ0v) is 14.2. The summed E-state index contributed by atoms with van der Waals surface area (Å²) in [5, 5.41) is 8.01. The van der Waals surface area contributed by atoms with Gasteiger partial charge >= 0.3 is 0 Å². The van der Waals surface area contributed by atoms with Crippen LogP contribution < -0.4 is 5.32 Å². The van der Waals surface area contributed by atoms with Gasteiger partial charge in [0, 0.05) is 13.2 Å². The highest BCUT2D eigenvalue weighted by Gasteiger charge is 2.28. The van der Waals surface area contributed by atoms with Crippen LogP contribution >= 0.6 is 15.9 Å². The molecule has 0 aromatic carbocycles. The zero-order valence-electron chi connectivity index (χ0n) is 12.6. The summed E-state index contributed by atoms with van der Waals surface area (Å²) in [6.45, 7) is 9.50. The van der Waals surface area contributed by atoms with Crippen LogP contribution in [0.4, 0.5) is 0 Å². The first-order valence-electron chi connectivity index (χ1n) is 7.05. The van der Waals surface area contributed by atoms with Crippen LogP contribution in [-0.4, -0.2) is 29.5 Å². The Hall–Kier alpha value is -0.390. The molecule has 110 valence electrons. The molecule has 0 radical (unpaired) electrons. The first-order chi connectivity index (χ1) is 9.06. The van der Waals surface area contributed by atoms with Gasteiger partial charge in [0.1, 0.15) is 0 Å². The standard InChI is InChI=1S/C14H26BrN3O/c1-6-8-12(19-5)13(16-7-2)14-11(15)9-17-18(14)10(3)4/h9-10,12-13,16H,6-8H2,1-5H3. The Bertz CT molecular complexity index is 379. The summed E-state index contributed by atoms with van der Waals surface area (Å²) < 4.78 is 8.81. The molecule has 0 aliphatic heterocycles. The number of nitrogens with zero attached hydrogens (tertiary/aromatic N) is 2. The van der Waals surface area contributed by atoms with Gasteiger partial charge in [-0.15, -0.1) is 0 Å². The molecule has 5 heteroatoms. The molecular formula is C14H26BrN3O. The van der Waals surface area contributed by atoms with Crippen molar-refractivity contribution in [1.82, 2.24) is 15.1 Å². The van der Waals surface area contributed by atoms with Crippen LogP contribution in [0.1, 0.15) is 58.3 Å². The summed E-state index contributed by atoms with van der Waals surface area (Å²) in [5.41, 5.74) is 1.18. The lowest BCUT2D eigenvalue weighted by Gasteiger charge is -2.28. The van der Waals surface area contributed by atoms with E-state index in [2.05, 4.69) is 58.7 Å². The van der Waals surface area contributed by atoms with E-state index in [1.54, 1.807) is 7.11 Å². The van der Waals surface area contributed by atoms with Crippen molar-refractivity contribution in [3.63, 3.8) is 0 Å². The van der Waals surface area contributed by atoms with Crippen molar-refractivity contribution in [2.24, 2.45) is 0 Å². The summed E-state index contributed by atoms with van der Waals surface area (Å²) in [7, 11) is 1.79. The Labute approximate surface area is 125 Å². The van der Waals surface area contributed by atoms with Gasteiger partial charge in [-0.2, -0.15) is 5.10 Å². The molecule has 2 unspecified atom stereocenters. The molecule has 1 heterocycles. The zero-order chi connectivity index (χ0) is 14.4. The molecule has 0 aliphatic carbocycles. The summed E-state index contributed by atoms with van der Waals surface area (Å²) in [4.78, 5) is 0. The van der Waals surface area contributed by atoms with E-state index in [0.717, 1.165) is 23.9 Å². The second-order valence-electron chi connectivity index (χ2n) is 5.01. The summed E-state index contributed by atoms with van der Waals surface area (Å²) in [6, 6.07) is 0.496. The van der Waals surface area contributed by atoms with E-state index in [0.29, 0.717) is 6.04 Å². The van der Waals surface area contributed by atoms with Crippen molar-refractivity contribution in [2.75, 3.05) is 13.7 Å². The average molecular weight is 332 g/mol. The summed E-state index contributed by atoms with van der Waals surface area (Å²) in [6.07, 6.45) is 4.17. The van der Waals surface area contributed by atoms with Crippen molar-refractivity contribution in [3.05, 3.63) is 16.4 Å². The lowest BCUT2D eigenvalue weighted by atomic mass is 10.0. The van der Waals surface area contributed by atoms with Gasteiger partial charge in [-0.05, 0) is 42.7 Å². The second-order valence-corrected chi connectivity index (χ2v) is 5.87. The Kier molecular flexibility index (Phi) is 7.04. The fraction of sp³-hybridized carbons (Fsp3) is 0.786. The number of ether oxygens (including phenoxy) is 1. The fourth-order valence-corrected chi connectivity index (χ4v) is 2.90. The minimum atomic E-state index is 0.161. The van der Waals surface area contributed by atoms with Gasteiger partial charge in [-0.1, -0.05) is 20.3 Å². The second kappa shape index (κ2) is 8.02. The molecule has 1 N–H and O–H groups in total. The van der Waals surface area contributed by atoms with Gasteiger partial charge < -0.3 is 10.1 Å². The van der Waals surface area contributed by atoms with E-state index in [1.165, 1.54) is 5.69 Å². The molecule has 0 saturated heterocycles. The first kappa shape index (κ1) is 16.7. The van der Waals surface area contributed by atoms with Crippen LogP contribution in [0.2, 0.25) is 0 Å². The topological polar surface area (TPSA) is 39.1 Å². The minimum Gasteiger partial charge on any atom is -0.379 e. The Morgan fingerprint density at radius 2 is 2.11 bits per heavy atom. The van der Waals surface area contributed by atoms with E-state index in [1.807, 2.05) is 6.20 Å². The predicted molar refractivity (Wildman–Crippen MR) is 82.4 cm³/mol. The fourth-order valence-electron chi connectivity index (χ4n) is 2.38. The number of methoxy groups -OCH3 is 1. The van der Waals surface area contributed by atoms with Crippen LogP contribution in [0.3, 0.4) is 0 Å². The third-order valence-electron chi connectivity index (χ3n) is 3.24. The summed E-state index contributed by atoms with van der Waals surface area (Å²) >= 11 is 3.63. The van der Waals surface area contributed by atoms with E-state index < -0.39 is 0 Å². The molecule has 0 fully saturated rings. The SMILES string of the molecule is CCCC(OC)C(NCC)c1c(Br)cnn1C(C)C. The van der Waals surface area contributed by atoms with Gasteiger partial charge in [0.25, 0.3) is 0 Å². The summed E-state index contributed by atoms with van der Waals surface area (Å²) in [5.74, 6) is 0. The molecule has 19 heavy (non-hydrogen) atoms. The highest BCUT2D eigenvalue weighted by molar-refractivity contribution is 9.10. The lowest BCUT2D eigenvalue weighted by molar-refractivity contribution is 0.0577. The highest BCUT2D eigenvalue weighted by atomic mass is 79.9. The molecular weight excluding hydrogens is 306 g/mol. The van der Waals surface area contributed by atoms with Crippen LogP contribution in [0, 0.1) is 0 Å². The van der Waals surface area contributed by atoms with Crippen molar-refractivity contribution in [1.29, 1.82) is 0 Å². The van der Waals surface area contributed by atoms with Crippen molar-refractivity contribution in [3.8, 4) is 0 Å². The normalized spacial score (nSPS) is 14.9. The lowest BCUT2D eigenvalue weighted by Crippen LogP contribution is -2.35. The number of nitrogens with one attached hydrogen (secondary N) is 1. The number of likely N-dealkylation sites (N-methyl/N-ethyl adjacent to an activating group) is 1. The molecule has 1 rings (SSSR count). The maximum atomic E-state index is 5.69. The Morgan fingerprint density at radius 3 is 2.58 bits per heavy atom. The van der Waals surface area contributed by atoms with Gasteiger partial charge in [0.05, 0.1) is 28.5 Å². The van der Waals surface area contributed by atoms with Crippen molar-refractivity contribution >= 4 is 15.9 Å². The Balaban J connectivity index is 3.13.